The van der Waals surface area contributed by atoms with E-state index in [2.05, 4.69) is 94.8 Å². The zero-order valence-corrected chi connectivity index (χ0v) is 13.0. The Morgan fingerprint density at radius 2 is 1.33 bits per heavy atom. The minimum absolute atomic E-state index is 1.15. The molecule has 0 fully saturated rings. The average Bonchev–Trinajstić information content (AvgIpc) is 2.55. The zero-order valence-electron chi connectivity index (χ0n) is 11.4. The summed E-state index contributed by atoms with van der Waals surface area (Å²) in [5, 5.41) is 5.14. The molecule has 4 aromatic rings. The molecule has 100 valence electrons. The van der Waals surface area contributed by atoms with Gasteiger partial charge in [-0.15, -0.1) is 0 Å². The summed E-state index contributed by atoms with van der Waals surface area (Å²) in [5.74, 6) is 0. The van der Waals surface area contributed by atoms with Crippen molar-refractivity contribution in [2.45, 2.75) is 0 Å². The summed E-state index contributed by atoms with van der Waals surface area (Å²) in [7, 11) is 0. The molecule has 21 heavy (non-hydrogen) atoms. The van der Waals surface area contributed by atoms with Gasteiger partial charge in [-0.05, 0) is 33.4 Å². The molecule has 0 radical (unpaired) electrons. The summed E-state index contributed by atoms with van der Waals surface area (Å²) in [5.41, 5.74) is 2.53. The molecule has 0 spiro atoms. The number of fused-ring (bicyclic) bond motifs is 3. The second-order valence-corrected chi connectivity index (χ2v) is 6.02. The van der Waals surface area contributed by atoms with E-state index in [1.54, 1.807) is 0 Å². The van der Waals surface area contributed by atoms with Gasteiger partial charge in [-0.3, -0.25) is 0 Å². The van der Waals surface area contributed by atoms with Crippen molar-refractivity contribution in [3.63, 3.8) is 0 Å². The van der Waals surface area contributed by atoms with Crippen LogP contribution in [0, 0.1) is 0 Å². The van der Waals surface area contributed by atoms with E-state index in [4.69, 9.17) is 0 Å². The van der Waals surface area contributed by atoms with E-state index in [0.29, 0.717) is 0 Å². The van der Waals surface area contributed by atoms with Gasteiger partial charge in [0.1, 0.15) is 0 Å². The molecule has 4 aromatic carbocycles. The molecule has 0 nitrogen and oxygen atoms in total. The first kappa shape index (κ1) is 12.6. The van der Waals surface area contributed by atoms with Crippen molar-refractivity contribution in [2.24, 2.45) is 0 Å². The Bertz CT molecular complexity index is 940. The van der Waals surface area contributed by atoms with E-state index < -0.39 is 0 Å². The highest BCUT2D eigenvalue weighted by atomic mass is 79.9. The van der Waals surface area contributed by atoms with Crippen LogP contribution >= 0.6 is 15.9 Å². The Labute approximate surface area is 132 Å². The third-order valence-corrected chi connectivity index (χ3v) is 4.60. The van der Waals surface area contributed by atoms with Crippen LogP contribution in [0.1, 0.15) is 0 Å². The van der Waals surface area contributed by atoms with Crippen LogP contribution in [0.4, 0.5) is 0 Å². The van der Waals surface area contributed by atoms with Crippen LogP contribution in [0.3, 0.4) is 0 Å². The lowest BCUT2D eigenvalue weighted by molar-refractivity contribution is 1.65. The fourth-order valence-electron chi connectivity index (χ4n) is 2.95. The first-order valence-electron chi connectivity index (χ1n) is 7.00. The lowest BCUT2D eigenvalue weighted by Crippen LogP contribution is -1.84. The van der Waals surface area contributed by atoms with Gasteiger partial charge in [-0.2, -0.15) is 0 Å². The van der Waals surface area contributed by atoms with E-state index in [9.17, 15) is 0 Å². The summed E-state index contributed by atoms with van der Waals surface area (Å²) in [6, 6.07) is 27.9. The number of hydrogen-bond acceptors (Lipinski definition) is 0. The molecule has 0 N–H and O–H groups in total. The molecule has 0 aromatic heterocycles. The number of halogens is 1. The van der Waals surface area contributed by atoms with Crippen LogP contribution in [0.25, 0.3) is 32.7 Å². The molecule has 4 rings (SSSR count). The number of hydrogen-bond donors (Lipinski definition) is 0. The first-order chi connectivity index (χ1) is 10.3. The van der Waals surface area contributed by atoms with E-state index >= 15 is 0 Å². The Morgan fingerprint density at radius 1 is 0.571 bits per heavy atom. The molecule has 1 heteroatoms. The molecule has 0 bridgehead atoms. The topological polar surface area (TPSA) is 0 Å². The lowest BCUT2D eigenvalue weighted by Gasteiger charge is -2.11. The van der Waals surface area contributed by atoms with E-state index in [1.807, 2.05) is 0 Å². The summed E-state index contributed by atoms with van der Waals surface area (Å²) >= 11 is 3.72. The minimum atomic E-state index is 1.15. The highest BCUT2D eigenvalue weighted by Crippen LogP contribution is 2.37. The summed E-state index contributed by atoms with van der Waals surface area (Å²) in [4.78, 5) is 0. The van der Waals surface area contributed by atoms with Crippen LogP contribution in [0.2, 0.25) is 0 Å². The van der Waals surface area contributed by atoms with Crippen LogP contribution in [0.5, 0.6) is 0 Å². The second-order valence-electron chi connectivity index (χ2n) is 5.17. The molecule has 0 saturated heterocycles. The summed E-state index contributed by atoms with van der Waals surface area (Å²) in [6.45, 7) is 0. The molecule has 0 aliphatic rings. The van der Waals surface area contributed by atoms with Crippen LogP contribution < -0.4 is 0 Å². The lowest BCUT2D eigenvalue weighted by atomic mass is 9.95. The van der Waals surface area contributed by atoms with Gasteiger partial charge >= 0.3 is 0 Å². The van der Waals surface area contributed by atoms with E-state index in [-0.39, 0.29) is 0 Å². The highest BCUT2D eigenvalue weighted by molar-refractivity contribution is 9.10. The monoisotopic (exact) mass is 332 g/mol. The maximum atomic E-state index is 3.72. The SMILES string of the molecule is Brc1ccc(-c2ccccc2)c2ccc3ccccc3c12. The quantitative estimate of drug-likeness (QED) is 0.352. The van der Waals surface area contributed by atoms with E-state index in [1.165, 1.54) is 32.7 Å². The van der Waals surface area contributed by atoms with Crippen LogP contribution in [-0.2, 0) is 0 Å². The molecule has 0 aliphatic carbocycles. The van der Waals surface area contributed by atoms with Gasteiger partial charge in [0, 0.05) is 9.86 Å². The van der Waals surface area contributed by atoms with Crippen molar-refractivity contribution >= 4 is 37.5 Å². The Hall–Kier alpha value is -2.12. The first-order valence-corrected chi connectivity index (χ1v) is 7.79. The van der Waals surface area contributed by atoms with Crippen LogP contribution in [0.15, 0.2) is 83.3 Å². The maximum Gasteiger partial charge on any atom is 0.0260 e. The normalized spacial score (nSPS) is 11.1. The van der Waals surface area contributed by atoms with E-state index in [0.717, 1.165) is 4.47 Å². The third kappa shape index (κ3) is 2.05. The van der Waals surface area contributed by atoms with Crippen molar-refractivity contribution in [2.75, 3.05) is 0 Å². The largest absolute Gasteiger partial charge is 0.0622 e. The van der Waals surface area contributed by atoms with Gasteiger partial charge in [0.25, 0.3) is 0 Å². The molecule has 0 amide bonds. The number of benzene rings is 4. The fraction of sp³-hybridized carbons (Fsp3) is 0. The molecule has 0 atom stereocenters. The van der Waals surface area contributed by atoms with Crippen molar-refractivity contribution in [1.82, 2.24) is 0 Å². The molecule has 0 aliphatic heterocycles. The van der Waals surface area contributed by atoms with Crippen molar-refractivity contribution in [3.8, 4) is 11.1 Å². The molecule has 0 heterocycles. The Balaban J connectivity index is 2.16. The van der Waals surface area contributed by atoms with Gasteiger partial charge < -0.3 is 0 Å². The van der Waals surface area contributed by atoms with Gasteiger partial charge in [0.05, 0.1) is 0 Å². The van der Waals surface area contributed by atoms with Gasteiger partial charge in [0.15, 0.2) is 0 Å². The predicted octanol–water partition coefficient (Wildman–Crippen LogP) is 6.42. The summed E-state index contributed by atoms with van der Waals surface area (Å²) < 4.78 is 1.15. The van der Waals surface area contributed by atoms with Crippen LogP contribution in [-0.4, -0.2) is 0 Å². The Morgan fingerprint density at radius 3 is 2.19 bits per heavy atom. The smallest absolute Gasteiger partial charge is 0.0260 e. The Kier molecular flexibility index (Phi) is 3.01. The predicted molar refractivity (Wildman–Crippen MR) is 94.6 cm³/mol. The minimum Gasteiger partial charge on any atom is -0.0622 e. The fourth-order valence-corrected chi connectivity index (χ4v) is 3.51. The number of rotatable bonds is 1. The van der Waals surface area contributed by atoms with Crippen molar-refractivity contribution in [3.05, 3.63) is 83.3 Å². The average molecular weight is 333 g/mol. The molecular weight excluding hydrogens is 320 g/mol. The molecule has 0 unspecified atom stereocenters. The zero-order chi connectivity index (χ0) is 14.2. The third-order valence-electron chi connectivity index (χ3n) is 3.94. The molecule has 0 saturated carbocycles. The maximum absolute atomic E-state index is 3.72. The van der Waals surface area contributed by atoms with Crippen molar-refractivity contribution < 1.29 is 0 Å². The van der Waals surface area contributed by atoms with Crippen molar-refractivity contribution in [1.29, 1.82) is 0 Å². The van der Waals surface area contributed by atoms with Gasteiger partial charge in [-0.1, -0.05) is 88.7 Å². The van der Waals surface area contributed by atoms with Gasteiger partial charge in [-0.25, -0.2) is 0 Å². The standard InChI is InChI=1S/C20H13Br/c21-19-13-12-16(14-6-2-1-3-7-14)18-11-10-15-8-4-5-9-17(15)20(18)19/h1-13H. The van der Waals surface area contributed by atoms with Gasteiger partial charge in [0.2, 0.25) is 0 Å². The summed E-state index contributed by atoms with van der Waals surface area (Å²) in [6.07, 6.45) is 0. The highest BCUT2D eigenvalue weighted by Gasteiger charge is 2.09. The molecular formula is C20H13Br. The second kappa shape index (κ2) is 5.01.